The average molecular weight is 427 g/mol. The van der Waals surface area contributed by atoms with E-state index in [2.05, 4.69) is 37.9 Å². The molecule has 0 saturated carbocycles. The first-order valence-corrected chi connectivity index (χ1v) is 10.3. The normalized spacial score (nSPS) is 14.6. The van der Waals surface area contributed by atoms with Crippen molar-refractivity contribution >= 4 is 24.3 Å². The third-order valence-electron chi connectivity index (χ3n) is 4.95. The van der Waals surface area contributed by atoms with Crippen LogP contribution in [0.25, 0.3) is 0 Å². The van der Waals surface area contributed by atoms with E-state index in [4.69, 9.17) is 9.47 Å². The van der Waals surface area contributed by atoms with Gasteiger partial charge in [-0.15, -0.1) is 12.4 Å². The zero-order valence-corrected chi connectivity index (χ0v) is 18.8. The number of para-hydroxylation sites is 1. The minimum atomic E-state index is -0.363. The number of nitrogens with one attached hydrogen (secondary N) is 1. The van der Waals surface area contributed by atoms with Crippen LogP contribution in [0.1, 0.15) is 63.5 Å². The molecule has 0 spiro atoms. The first-order chi connectivity index (χ1) is 13.4. The molecule has 1 heterocycles. The van der Waals surface area contributed by atoms with E-state index in [1.54, 1.807) is 0 Å². The Morgan fingerprint density at radius 3 is 2.21 bits per heavy atom. The van der Waals surface area contributed by atoms with Gasteiger partial charge in [-0.25, -0.2) is 0 Å². The number of amides is 1. The molecule has 1 aromatic rings. The highest BCUT2D eigenvalue weighted by Gasteiger charge is 2.18. The van der Waals surface area contributed by atoms with Crippen molar-refractivity contribution in [2.24, 2.45) is 0 Å². The Morgan fingerprint density at radius 1 is 1.07 bits per heavy atom. The van der Waals surface area contributed by atoms with E-state index in [1.165, 1.54) is 0 Å². The molecule has 164 valence electrons. The average Bonchev–Trinajstić information content (AvgIpc) is 2.67. The summed E-state index contributed by atoms with van der Waals surface area (Å²) in [6.07, 6.45) is 0.218. The van der Waals surface area contributed by atoms with Crippen molar-refractivity contribution in [1.29, 1.82) is 0 Å². The minimum Gasteiger partial charge on any atom is -0.426 e. The highest BCUT2D eigenvalue weighted by Crippen LogP contribution is 2.34. The molecule has 0 aliphatic carbocycles. The SMILES string of the molecule is CC(C)c1cccc(C(C)C)c1OC(=O)CCC(=O)NCCN1CCOCC1.Cl. The number of ether oxygens (including phenoxy) is 2. The van der Waals surface area contributed by atoms with Gasteiger partial charge in [0.2, 0.25) is 5.91 Å². The van der Waals surface area contributed by atoms with E-state index in [0.717, 1.165) is 44.0 Å². The standard InChI is InChI=1S/C22H34N2O4.ClH/c1-16(2)18-6-5-7-19(17(3)4)22(18)28-21(26)9-8-20(25)23-10-11-24-12-14-27-15-13-24;/h5-7,16-17H,8-15H2,1-4H3,(H,23,25);1H. The van der Waals surface area contributed by atoms with Crippen molar-refractivity contribution < 1.29 is 19.1 Å². The fourth-order valence-electron chi connectivity index (χ4n) is 3.25. The Bertz CT molecular complexity index is 632. The van der Waals surface area contributed by atoms with E-state index in [1.807, 2.05) is 18.2 Å². The van der Waals surface area contributed by atoms with E-state index in [-0.39, 0.29) is 49.0 Å². The Morgan fingerprint density at radius 2 is 1.66 bits per heavy atom. The number of nitrogens with zero attached hydrogens (tertiary/aromatic N) is 1. The predicted octanol–water partition coefficient (Wildman–Crippen LogP) is 3.49. The van der Waals surface area contributed by atoms with Crippen molar-refractivity contribution in [3.8, 4) is 5.75 Å². The number of halogens is 1. The number of esters is 1. The monoisotopic (exact) mass is 426 g/mol. The van der Waals surface area contributed by atoms with Crippen molar-refractivity contribution in [2.45, 2.75) is 52.4 Å². The van der Waals surface area contributed by atoms with Crippen LogP contribution in [-0.4, -0.2) is 56.2 Å². The smallest absolute Gasteiger partial charge is 0.311 e. The van der Waals surface area contributed by atoms with E-state index in [9.17, 15) is 9.59 Å². The van der Waals surface area contributed by atoms with Crippen LogP contribution < -0.4 is 10.1 Å². The van der Waals surface area contributed by atoms with Crippen LogP contribution in [0.15, 0.2) is 18.2 Å². The Kier molecular flexibility index (Phi) is 11.2. The van der Waals surface area contributed by atoms with Gasteiger partial charge in [0.25, 0.3) is 0 Å². The van der Waals surface area contributed by atoms with Gasteiger partial charge in [0.1, 0.15) is 5.75 Å². The number of morpholine rings is 1. The van der Waals surface area contributed by atoms with Gasteiger partial charge in [-0.05, 0) is 23.0 Å². The minimum absolute atomic E-state index is 0. The first kappa shape index (κ1) is 25.4. The summed E-state index contributed by atoms with van der Waals surface area (Å²) in [5.41, 5.74) is 2.05. The molecule has 6 nitrogen and oxygen atoms in total. The molecule has 0 aromatic heterocycles. The van der Waals surface area contributed by atoms with Crippen LogP contribution in [0.4, 0.5) is 0 Å². The largest absolute Gasteiger partial charge is 0.426 e. The van der Waals surface area contributed by atoms with E-state index in [0.29, 0.717) is 12.3 Å². The summed E-state index contributed by atoms with van der Waals surface area (Å²) in [6.45, 7) is 13.0. The summed E-state index contributed by atoms with van der Waals surface area (Å²) in [4.78, 5) is 26.7. The summed E-state index contributed by atoms with van der Waals surface area (Å²) in [5, 5.41) is 2.88. The zero-order chi connectivity index (χ0) is 20.5. The molecule has 1 amide bonds. The predicted molar refractivity (Wildman–Crippen MR) is 117 cm³/mol. The Balaban J connectivity index is 0.00000420. The molecule has 1 fully saturated rings. The van der Waals surface area contributed by atoms with Crippen LogP contribution in [0.2, 0.25) is 0 Å². The molecule has 1 aliphatic rings. The maximum absolute atomic E-state index is 12.4. The number of hydrogen-bond acceptors (Lipinski definition) is 5. The molecular formula is C22H35ClN2O4. The second-order valence-corrected chi connectivity index (χ2v) is 7.85. The number of carbonyl (C=O) groups is 2. The lowest BCUT2D eigenvalue weighted by Gasteiger charge is -2.26. The lowest BCUT2D eigenvalue weighted by molar-refractivity contribution is -0.136. The molecule has 29 heavy (non-hydrogen) atoms. The third-order valence-corrected chi connectivity index (χ3v) is 4.95. The molecular weight excluding hydrogens is 392 g/mol. The van der Waals surface area contributed by atoms with Crippen LogP contribution in [-0.2, 0) is 14.3 Å². The van der Waals surface area contributed by atoms with Crippen molar-refractivity contribution in [3.63, 3.8) is 0 Å². The lowest BCUT2D eigenvalue weighted by atomic mass is 9.94. The quantitative estimate of drug-likeness (QED) is 0.483. The maximum Gasteiger partial charge on any atom is 0.311 e. The number of benzene rings is 1. The van der Waals surface area contributed by atoms with Gasteiger partial charge < -0.3 is 14.8 Å². The highest BCUT2D eigenvalue weighted by molar-refractivity contribution is 5.85. The molecule has 0 bridgehead atoms. The first-order valence-electron chi connectivity index (χ1n) is 10.3. The second kappa shape index (κ2) is 12.8. The summed E-state index contributed by atoms with van der Waals surface area (Å²) < 4.78 is 11.0. The van der Waals surface area contributed by atoms with Gasteiger partial charge in [0.05, 0.1) is 19.6 Å². The lowest BCUT2D eigenvalue weighted by Crippen LogP contribution is -2.41. The molecule has 1 aliphatic heterocycles. The Hall–Kier alpha value is -1.63. The molecule has 1 N–H and O–H groups in total. The fraction of sp³-hybridized carbons (Fsp3) is 0.636. The van der Waals surface area contributed by atoms with Crippen LogP contribution in [0.5, 0.6) is 5.75 Å². The van der Waals surface area contributed by atoms with Crippen molar-refractivity contribution in [1.82, 2.24) is 10.2 Å². The summed E-state index contributed by atoms with van der Waals surface area (Å²) in [6, 6.07) is 6.00. The third kappa shape index (κ3) is 8.33. The molecule has 0 unspecified atom stereocenters. The maximum atomic E-state index is 12.4. The van der Waals surface area contributed by atoms with Gasteiger partial charge in [-0.2, -0.15) is 0 Å². The zero-order valence-electron chi connectivity index (χ0n) is 18.0. The van der Waals surface area contributed by atoms with Gasteiger partial charge in [-0.1, -0.05) is 45.9 Å². The van der Waals surface area contributed by atoms with Crippen molar-refractivity contribution in [3.05, 3.63) is 29.3 Å². The molecule has 0 atom stereocenters. The van der Waals surface area contributed by atoms with Crippen molar-refractivity contribution in [2.75, 3.05) is 39.4 Å². The van der Waals surface area contributed by atoms with E-state index >= 15 is 0 Å². The van der Waals surface area contributed by atoms with Gasteiger partial charge >= 0.3 is 5.97 Å². The van der Waals surface area contributed by atoms with Gasteiger partial charge in [0.15, 0.2) is 0 Å². The van der Waals surface area contributed by atoms with Gasteiger partial charge in [-0.3, -0.25) is 14.5 Å². The molecule has 0 radical (unpaired) electrons. The highest BCUT2D eigenvalue weighted by atomic mass is 35.5. The Labute approximate surface area is 180 Å². The number of rotatable bonds is 9. The van der Waals surface area contributed by atoms with Crippen LogP contribution >= 0.6 is 12.4 Å². The van der Waals surface area contributed by atoms with Gasteiger partial charge in [0, 0.05) is 32.6 Å². The number of carbonyl (C=O) groups excluding carboxylic acids is 2. The molecule has 2 rings (SSSR count). The van der Waals surface area contributed by atoms with Crippen LogP contribution in [0.3, 0.4) is 0 Å². The second-order valence-electron chi connectivity index (χ2n) is 7.85. The fourth-order valence-corrected chi connectivity index (χ4v) is 3.25. The molecule has 7 heteroatoms. The van der Waals surface area contributed by atoms with Crippen LogP contribution in [0, 0.1) is 0 Å². The molecule has 1 saturated heterocycles. The molecule has 1 aromatic carbocycles. The van der Waals surface area contributed by atoms with E-state index < -0.39 is 0 Å². The summed E-state index contributed by atoms with van der Waals surface area (Å²) in [5.74, 6) is 0.685. The topological polar surface area (TPSA) is 67.9 Å². The summed E-state index contributed by atoms with van der Waals surface area (Å²) >= 11 is 0. The summed E-state index contributed by atoms with van der Waals surface area (Å²) in [7, 11) is 0. The number of hydrogen-bond donors (Lipinski definition) is 1.